The van der Waals surface area contributed by atoms with Crippen molar-refractivity contribution in [2.45, 2.75) is 37.6 Å². The maximum Gasteiger partial charge on any atom is 0.235 e. The first-order chi connectivity index (χ1) is 14.9. The van der Waals surface area contributed by atoms with Gasteiger partial charge in [0, 0.05) is 34.8 Å². The van der Waals surface area contributed by atoms with Gasteiger partial charge >= 0.3 is 0 Å². The largest absolute Gasteiger partial charge is 0.337 e. The zero-order chi connectivity index (χ0) is 22.0. The van der Waals surface area contributed by atoms with E-state index in [0.717, 1.165) is 33.9 Å². The van der Waals surface area contributed by atoms with Crippen molar-refractivity contribution in [3.8, 4) is 6.07 Å². The van der Waals surface area contributed by atoms with Crippen LogP contribution in [-0.4, -0.2) is 34.9 Å². The first-order valence-electron chi connectivity index (χ1n) is 10.1. The molecule has 0 atom stereocenters. The summed E-state index contributed by atoms with van der Waals surface area (Å²) in [4.78, 5) is 39.7. The normalized spacial score (nSPS) is 15.0. The van der Waals surface area contributed by atoms with Crippen LogP contribution in [0.25, 0.3) is 0 Å². The van der Waals surface area contributed by atoms with E-state index in [1.54, 1.807) is 4.90 Å². The number of nitriles is 1. The summed E-state index contributed by atoms with van der Waals surface area (Å²) >= 11 is 2.74. The van der Waals surface area contributed by atoms with Crippen molar-refractivity contribution in [3.63, 3.8) is 0 Å². The molecule has 160 valence electrons. The zero-order valence-electron chi connectivity index (χ0n) is 17.1. The molecule has 0 saturated heterocycles. The predicted octanol–water partition coefficient (Wildman–Crippen LogP) is 3.60. The van der Waals surface area contributed by atoms with Crippen LogP contribution in [0.4, 0.5) is 10.7 Å². The van der Waals surface area contributed by atoms with Crippen molar-refractivity contribution in [1.29, 1.82) is 5.26 Å². The Kier molecular flexibility index (Phi) is 6.30. The quantitative estimate of drug-likeness (QED) is 0.649. The topological polar surface area (TPSA) is 102 Å². The molecule has 4 rings (SSSR count). The van der Waals surface area contributed by atoms with E-state index >= 15 is 0 Å². The number of nitrogens with one attached hydrogen (secondary N) is 2. The van der Waals surface area contributed by atoms with Gasteiger partial charge in [-0.05, 0) is 43.0 Å². The molecule has 31 heavy (non-hydrogen) atoms. The SMILES string of the molecule is CC(=O)N1CCc2c(sc(NC(=O)CSc3cccc(NC(=O)C4CC4)c3)c2C#N)C1. The summed E-state index contributed by atoms with van der Waals surface area (Å²) in [5.41, 5.74) is 2.17. The van der Waals surface area contributed by atoms with E-state index in [-0.39, 0.29) is 29.4 Å². The Bertz CT molecular complexity index is 1080. The monoisotopic (exact) mass is 454 g/mol. The number of anilines is 2. The predicted molar refractivity (Wildman–Crippen MR) is 121 cm³/mol. The van der Waals surface area contributed by atoms with Crippen LogP contribution in [0.15, 0.2) is 29.2 Å². The molecule has 1 fully saturated rings. The molecule has 0 bridgehead atoms. The summed E-state index contributed by atoms with van der Waals surface area (Å²) in [7, 11) is 0. The molecular weight excluding hydrogens is 432 g/mol. The molecule has 2 N–H and O–H groups in total. The minimum absolute atomic E-state index is 0.00935. The Labute approximate surface area is 188 Å². The minimum Gasteiger partial charge on any atom is -0.337 e. The molecule has 1 saturated carbocycles. The van der Waals surface area contributed by atoms with Crippen LogP contribution in [-0.2, 0) is 27.3 Å². The molecule has 2 heterocycles. The zero-order valence-corrected chi connectivity index (χ0v) is 18.7. The Balaban J connectivity index is 1.37. The van der Waals surface area contributed by atoms with Crippen molar-refractivity contribution >= 4 is 51.5 Å². The van der Waals surface area contributed by atoms with Gasteiger partial charge in [-0.1, -0.05) is 6.07 Å². The second kappa shape index (κ2) is 9.12. The molecular formula is C22H22N4O3S2. The van der Waals surface area contributed by atoms with Gasteiger partial charge in [-0.15, -0.1) is 23.1 Å². The lowest BCUT2D eigenvalue weighted by atomic mass is 10.0. The fourth-order valence-corrected chi connectivity index (χ4v) is 5.43. The molecule has 1 aromatic heterocycles. The summed E-state index contributed by atoms with van der Waals surface area (Å²) in [6, 6.07) is 9.66. The van der Waals surface area contributed by atoms with Gasteiger partial charge in [0.2, 0.25) is 17.7 Å². The van der Waals surface area contributed by atoms with Gasteiger partial charge in [-0.2, -0.15) is 5.26 Å². The number of amides is 3. The van der Waals surface area contributed by atoms with Gasteiger partial charge in [0.25, 0.3) is 0 Å². The molecule has 0 spiro atoms. The lowest BCUT2D eigenvalue weighted by molar-refractivity contribution is -0.129. The summed E-state index contributed by atoms with van der Waals surface area (Å²) in [6.45, 7) is 2.61. The van der Waals surface area contributed by atoms with Crippen LogP contribution >= 0.6 is 23.1 Å². The molecule has 3 amide bonds. The van der Waals surface area contributed by atoms with E-state index in [1.165, 1.54) is 30.0 Å². The maximum absolute atomic E-state index is 12.5. The number of nitrogens with zero attached hydrogens (tertiary/aromatic N) is 2. The second-order valence-electron chi connectivity index (χ2n) is 7.64. The number of thiophene rings is 1. The first-order valence-corrected chi connectivity index (χ1v) is 11.9. The smallest absolute Gasteiger partial charge is 0.235 e. The van der Waals surface area contributed by atoms with Crippen LogP contribution < -0.4 is 10.6 Å². The number of fused-ring (bicyclic) bond motifs is 1. The standard InChI is InChI=1S/C22H22N4O3S2/c1-13(27)26-8-7-17-18(10-23)22(31-19(17)11-26)25-20(28)12-30-16-4-2-3-15(9-16)24-21(29)14-5-6-14/h2-4,9,14H,5-8,11-12H2,1H3,(H,24,29)(H,25,28). The van der Waals surface area contributed by atoms with Crippen molar-refractivity contribution in [1.82, 2.24) is 4.90 Å². The highest BCUT2D eigenvalue weighted by molar-refractivity contribution is 8.00. The minimum atomic E-state index is -0.198. The van der Waals surface area contributed by atoms with Crippen LogP contribution in [0, 0.1) is 17.2 Å². The van der Waals surface area contributed by atoms with Gasteiger partial charge in [-0.25, -0.2) is 0 Å². The molecule has 2 aliphatic rings. The van der Waals surface area contributed by atoms with E-state index in [4.69, 9.17) is 0 Å². The van der Waals surface area contributed by atoms with E-state index < -0.39 is 0 Å². The summed E-state index contributed by atoms with van der Waals surface area (Å²) in [5.74, 6) is 0.183. The Morgan fingerprint density at radius 2 is 2.10 bits per heavy atom. The molecule has 0 unspecified atom stereocenters. The average molecular weight is 455 g/mol. The molecule has 1 aliphatic heterocycles. The van der Waals surface area contributed by atoms with Crippen molar-refractivity contribution in [3.05, 3.63) is 40.3 Å². The van der Waals surface area contributed by atoms with Crippen LogP contribution in [0.2, 0.25) is 0 Å². The number of thioether (sulfide) groups is 1. The molecule has 7 nitrogen and oxygen atoms in total. The van der Waals surface area contributed by atoms with Crippen molar-refractivity contribution in [2.75, 3.05) is 22.9 Å². The molecule has 1 aliphatic carbocycles. The molecule has 9 heteroatoms. The Morgan fingerprint density at radius 1 is 1.29 bits per heavy atom. The van der Waals surface area contributed by atoms with Crippen molar-refractivity contribution in [2.24, 2.45) is 5.92 Å². The Hall–Kier alpha value is -2.83. The molecule has 0 radical (unpaired) electrons. The van der Waals surface area contributed by atoms with Crippen LogP contribution in [0.1, 0.15) is 35.8 Å². The molecule has 2 aromatic rings. The summed E-state index contributed by atoms with van der Waals surface area (Å²) in [6.07, 6.45) is 2.52. The lowest BCUT2D eigenvalue weighted by Gasteiger charge is -2.25. The maximum atomic E-state index is 12.5. The second-order valence-corrected chi connectivity index (χ2v) is 9.79. The van der Waals surface area contributed by atoms with Gasteiger partial charge in [0.1, 0.15) is 11.1 Å². The van der Waals surface area contributed by atoms with Crippen molar-refractivity contribution < 1.29 is 14.4 Å². The van der Waals surface area contributed by atoms with E-state index in [1.807, 2.05) is 24.3 Å². The highest BCUT2D eigenvalue weighted by Crippen LogP contribution is 2.37. The van der Waals surface area contributed by atoms with Gasteiger partial charge < -0.3 is 15.5 Å². The lowest BCUT2D eigenvalue weighted by Crippen LogP contribution is -2.33. The number of rotatable bonds is 6. The fourth-order valence-electron chi connectivity index (χ4n) is 3.44. The van der Waals surface area contributed by atoms with E-state index in [2.05, 4.69) is 16.7 Å². The number of hydrogen-bond donors (Lipinski definition) is 2. The summed E-state index contributed by atoms with van der Waals surface area (Å²) in [5, 5.41) is 15.9. The third-order valence-corrected chi connectivity index (χ3v) is 7.41. The van der Waals surface area contributed by atoms with Gasteiger partial charge in [0.15, 0.2) is 0 Å². The van der Waals surface area contributed by atoms with E-state index in [0.29, 0.717) is 30.1 Å². The third kappa shape index (κ3) is 5.09. The molecule has 1 aromatic carbocycles. The first kappa shape index (κ1) is 21.4. The third-order valence-electron chi connectivity index (χ3n) is 5.29. The van der Waals surface area contributed by atoms with E-state index in [9.17, 15) is 19.6 Å². The number of benzene rings is 1. The van der Waals surface area contributed by atoms with Gasteiger partial charge in [-0.3, -0.25) is 14.4 Å². The van der Waals surface area contributed by atoms with Gasteiger partial charge in [0.05, 0.1) is 17.9 Å². The number of carbonyl (C=O) groups excluding carboxylic acids is 3. The summed E-state index contributed by atoms with van der Waals surface area (Å²) < 4.78 is 0. The fraction of sp³-hybridized carbons (Fsp3) is 0.364. The van der Waals surface area contributed by atoms with Crippen LogP contribution in [0.3, 0.4) is 0 Å². The number of carbonyl (C=O) groups is 3. The van der Waals surface area contributed by atoms with Crippen LogP contribution in [0.5, 0.6) is 0 Å². The number of hydrogen-bond acceptors (Lipinski definition) is 6. The Morgan fingerprint density at radius 3 is 2.81 bits per heavy atom. The highest BCUT2D eigenvalue weighted by atomic mass is 32.2. The highest BCUT2D eigenvalue weighted by Gasteiger charge is 2.29. The average Bonchev–Trinajstić information content (AvgIpc) is 3.54.